The van der Waals surface area contributed by atoms with Crippen LogP contribution in [0.5, 0.6) is 0 Å². The van der Waals surface area contributed by atoms with Crippen molar-refractivity contribution in [2.75, 3.05) is 6.54 Å². The van der Waals surface area contributed by atoms with E-state index in [-0.39, 0.29) is 11.8 Å². The number of nitrogens with zero attached hydrogens (tertiary/aromatic N) is 1. The maximum absolute atomic E-state index is 12.6. The lowest BCUT2D eigenvalue weighted by molar-refractivity contribution is -0.138. The van der Waals surface area contributed by atoms with Gasteiger partial charge in [0.2, 0.25) is 11.8 Å². The Bertz CT molecular complexity index is 515. The van der Waals surface area contributed by atoms with Gasteiger partial charge in [-0.3, -0.25) is 9.59 Å². The first-order chi connectivity index (χ1) is 9.44. The number of amides is 2. The summed E-state index contributed by atoms with van der Waals surface area (Å²) < 4.78 is 0. The van der Waals surface area contributed by atoms with Gasteiger partial charge in [-0.1, -0.05) is 30.7 Å². The van der Waals surface area contributed by atoms with Crippen molar-refractivity contribution in [1.29, 1.82) is 0 Å². The van der Waals surface area contributed by atoms with Crippen molar-refractivity contribution in [2.24, 2.45) is 0 Å². The molecule has 0 aliphatic carbocycles. The van der Waals surface area contributed by atoms with E-state index < -0.39 is 5.54 Å². The molecule has 2 amide bonds. The summed E-state index contributed by atoms with van der Waals surface area (Å²) in [6.45, 7) is 4.64. The molecule has 0 bridgehead atoms. The molecule has 1 aliphatic heterocycles. The Morgan fingerprint density at radius 2 is 1.95 bits per heavy atom. The van der Waals surface area contributed by atoms with Crippen molar-refractivity contribution in [3.63, 3.8) is 0 Å². The first kappa shape index (κ1) is 14.9. The monoisotopic (exact) mass is 294 g/mol. The normalized spacial score (nSPS) is 23.4. The van der Waals surface area contributed by atoms with E-state index in [9.17, 15) is 9.59 Å². The summed E-state index contributed by atoms with van der Waals surface area (Å²) in [5, 5.41) is 3.50. The van der Waals surface area contributed by atoms with Gasteiger partial charge in [0, 0.05) is 24.5 Å². The van der Waals surface area contributed by atoms with Crippen molar-refractivity contribution in [1.82, 2.24) is 10.2 Å². The second kappa shape index (κ2) is 5.83. The fourth-order valence-electron chi connectivity index (χ4n) is 2.31. The molecule has 5 heteroatoms. The SMILES string of the molecule is CCC1(C)NC(=O)CCN(Cc2ccc(Cl)cc2)C1=O. The molecule has 1 fully saturated rings. The second-order valence-corrected chi connectivity index (χ2v) is 5.77. The fourth-order valence-corrected chi connectivity index (χ4v) is 2.44. The Morgan fingerprint density at radius 1 is 1.30 bits per heavy atom. The predicted octanol–water partition coefficient (Wildman–Crippen LogP) is 2.36. The number of halogens is 1. The van der Waals surface area contributed by atoms with Gasteiger partial charge in [-0.05, 0) is 31.0 Å². The summed E-state index contributed by atoms with van der Waals surface area (Å²) in [5.74, 6) is -0.0953. The lowest BCUT2D eigenvalue weighted by Crippen LogP contribution is -2.54. The van der Waals surface area contributed by atoms with Crippen LogP contribution in [0.3, 0.4) is 0 Å². The molecule has 0 aromatic heterocycles. The van der Waals surface area contributed by atoms with Crippen molar-refractivity contribution in [2.45, 2.75) is 38.8 Å². The highest BCUT2D eigenvalue weighted by atomic mass is 35.5. The third kappa shape index (κ3) is 3.12. The van der Waals surface area contributed by atoms with Crippen LogP contribution in [0.25, 0.3) is 0 Å². The Balaban J connectivity index is 2.19. The van der Waals surface area contributed by atoms with E-state index in [0.717, 1.165) is 5.56 Å². The largest absolute Gasteiger partial charge is 0.342 e. The van der Waals surface area contributed by atoms with Crippen LogP contribution < -0.4 is 5.32 Å². The Morgan fingerprint density at radius 3 is 2.55 bits per heavy atom. The number of carbonyl (C=O) groups excluding carboxylic acids is 2. The number of nitrogens with one attached hydrogen (secondary N) is 1. The van der Waals surface area contributed by atoms with E-state index in [1.807, 2.05) is 31.2 Å². The number of hydrogen-bond acceptors (Lipinski definition) is 2. The maximum atomic E-state index is 12.6. The van der Waals surface area contributed by atoms with E-state index >= 15 is 0 Å². The summed E-state index contributed by atoms with van der Waals surface area (Å²) in [6, 6.07) is 7.42. The first-order valence-corrected chi connectivity index (χ1v) is 7.17. The Kier molecular flexibility index (Phi) is 4.33. The van der Waals surface area contributed by atoms with Gasteiger partial charge in [-0.25, -0.2) is 0 Å². The zero-order chi connectivity index (χ0) is 14.8. The highest BCUT2D eigenvalue weighted by molar-refractivity contribution is 6.30. The molecule has 1 aliphatic rings. The van der Waals surface area contributed by atoms with Crippen LogP contribution in [0.4, 0.5) is 0 Å². The van der Waals surface area contributed by atoms with Crippen LogP contribution in [0.15, 0.2) is 24.3 Å². The zero-order valence-corrected chi connectivity index (χ0v) is 12.5. The van der Waals surface area contributed by atoms with Gasteiger partial charge in [0.15, 0.2) is 0 Å². The molecular weight excluding hydrogens is 276 g/mol. The van der Waals surface area contributed by atoms with Crippen LogP contribution in [0.1, 0.15) is 32.3 Å². The van der Waals surface area contributed by atoms with E-state index in [1.165, 1.54) is 0 Å². The van der Waals surface area contributed by atoms with Crippen LogP contribution in [0, 0.1) is 0 Å². The van der Waals surface area contributed by atoms with E-state index in [2.05, 4.69) is 5.32 Å². The average Bonchev–Trinajstić information content (AvgIpc) is 2.53. The van der Waals surface area contributed by atoms with Gasteiger partial charge in [0.25, 0.3) is 0 Å². The molecule has 2 rings (SSSR count). The van der Waals surface area contributed by atoms with Crippen molar-refractivity contribution in [3.05, 3.63) is 34.9 Å². The van der Waals surface area contributed by atoms with Gasteiger partial charge < -0.3 is 10.2 Å². The van der Waals surface area contributed by atoms with E-state index in [0.29, 0.717) is 31.0 Å². The molecule has 1 heterocycles. The van der Waals surface area contributed by atoms with Crippen molar-refractivity contribution in [3.8, 4) is 0 Å². The number of benzene rings is 1. The quantitative estimate of drug-likeness (QED) is 0.930. The summed E-state index contributed by atoms with van der Waals surface area (Å²) in [5.41, 5.74) is 0.204. The Hall–Kier alpha value is -1.55. The maximum Gasteiger partial charge on any atom is 0.248 e. The minimum Gasteiger partial charge on any atom is -0.342 e. The Labute approximate surface area is 124 Å². The fraction of sp³-hybridized carbons (Fsp3) is 0.467. The third-order valence-corrected chi connectivity index (χ3v) is 4.03. The standard InChI is InChI=1S/C15H19ClN2O2/c1-3-15(2)14(20)18(9-8-13(19)17-15)10-11-4-6-12(16)7-5-11/h4-7H,3,8-10H2,1-2H3,(H,17,19). The number of carbonyl (C=O) groups is 2. The van der Waals surface area contributed by atoms with E-state index in [4.69, 9.17) is 11.6 Å². The molecule has 1 aromatic carbocycles. The predicted molar refractivity (Wildman–Crippen MR) is 78.3 cm³/mol. The van der Waals surface area contributed by atoms with Gasteiger partial charge in [0.05, 0.1) is 0 Å². The highest BCUT2D eigenvalue weighted by Crippen LogP contribution is 2.20. The number of hydrogen-bond donors (Lipinski definition) is 1. The van der Waals surface area contributed by atoms with Crippen LogP contribution in [-0.4, -0.2) is 28.8 Å². The first-order valence-electron chi connectivity index (χ1n) is 6.79. The van der Waals surface area contributed by atoms with Crippen molar-refractivity contribution < 1.29 is 9.59 Å². The molecule has 1 unspecified atom stereocenters. The molecule has 1 saturated heterocycles. The van der Waals surface area contributed by atoms with Gasteiger partial charge in [-0.2, -0.15) is 0 Å². The van der Waals surface area contributed by atoms with Gasteiger partial charge in [-0.15, -0.1) is 0 Å². The number of rotatable bonds is 3. The minimum absolute atomic E-state index is 0.0270. The summed E-state index contributed by atoms with van der Waals surface area (Å²) >= 11 is 5.86. The van der Waals surface area contributed by atoms with Crippen LogP contribution in [0.2, 0.25) is 5.02 Å². The molecule has 0 radical (unpaired) electrons. The van der Waals surface area contributed by atoms with Crippen LogP contribution >= 0.6 is 11.6 Å². The molecular formula is C15H19ClN2O2. The van der Waals surface area contributed by atoms with Crippen molar-refractivity contribution >= 4 is 23.4 Å². The molecule has 0 spiro atoms. The average molecular weight is 295 g/mol. The molecule has 1 aromatic rings. The van der Waals surface area contributed by atoms with Gasteiger partial charge in [0.1, 0.15) is 5.54 Å². The second-order valence-electron chi connectivity index (χ2n) is 5.34. The molecule has 108 valence electrons. The molecule has 4 nitrogen and oxygen atoms in total. The highest BCUT2D eigenvalue weighted by Gasteiger charge is 2.38. The van der Waals surface area contributed by atoms with E-state index in [1.54, 1.807) is 11.8 Å². The molecule has 1 N–H and O–H groups in total. The smallest absolute Gasteiger partial charge is 0.248 e. The lowest BCUT2D eigenvalue weighted by Gasteiger charge is -2.31. The molecule has 0 saturated carbocycles. The summed E-state index contributed by atoms with van der Waals surface area (Å²) in [6.07, 6.45) is 0.920. The topological polar surface area (TPSA) is 49.4 Å². The van der Waals surface area contributed by atoms with Gasteiger partial charge >= 0.3 is 0 Å². The van der Waals surface area contributed by atoms with Crippen LogP contribution in [-0.2, 0) is 16.1 Å². The minimum atomic E-state index is -0.806. The zero-order valence-electron chi connectivity index (χ0n) is 11.8. The third-order valence-electron chi connectivity index (χ3n) is 3.78. The summed E-state index contributed by atoms with van der Waals surface area (Å²) in [4.78, 5) is 26.1. The molecule has 1 atom stereocenters. The lowest BCUT2D eigenvalue weighted by atomic mass is 9.97. The summed E-state index contributed by atoms with van der Waals surface area (Å²) in [7, 11) is 0. The molecule has 20 heavy (non-hydrogen) atoms.